The van der Waals surface area contributed by atoms with Gasteiger partial charge in [-0.3, -0.25) is 14.5 Å². The molecule has 0 saturated carbocycles. The number of aliphatic hydroxyl groups is 1. The van der Waals surface area contributed by atoms with E-state index >= 15 is 4.11 Å². The van der Waals surface area contributed by atoms with Crippen molar-refractivity contribution >= 4 is 37.3 Å². The van der Waals surface area contributed by atoms with Crippen LogP contribution in [0.25, 0.3) is 0 Å². The van der Waals surface area contributed by atoms with E-state index in [1.54, 1.807) is 41.1 Å². The predicted octanol–water partition coefficient (Wildman–Crippen LogP) is 8.97. The number of benzene rings is 3. The molecule has 1 fully saturated rings. The van der Waals surface area contributed by atoms with Crippen molar-refractivity contribution in [2.24, 2.45) is 5.92 Å². The summed E-state index contributed by atoms with van der Waals surface area (Å²) in [6, 6.07) is 20.1. The number of allylic oxidation sites excluding steroid dienone is 3. The van der Waals surface area contributed by atoms with E-state index in [1.165, 1.54) is 11.1 Å². The van der Waals surface area contributed by atoms with E-state index in [4.69, 9.17) is 9.47 Å². The quantitative estimate of drug-likeness (QED) is 0.140. The number of carbonyl (C=O) groups is 2. The lowest BCUT2D eigenvalue weighted by Gasteiger charge is -2.31. The van der Waals surface area contributed by atoms with E-state index in [0.29, 0.717) is 46.2 Å². The van der Waals surface area contributed by atoms with Crippen molar-refractivity contribution in [3.05, 3.63) is 101 Å². The zero-order valence-corrected chi connectivity index (χ0v) is 29.6. The number of carbonyl (C=O) groups excluding carboxylic acids is 2. The molecule has 0 radical (unpaired) electrons. The molecule has 3 aliphatic heterocycles. The topological polar surface area (TPSA) is 79.3 Å². The van der Waals surface area contributed by atoms with Gasteiger partial charge >= 0.3 is 0 Å². The lowest BCUT2D eigenvalue weighted by Crippen LogP contribution is -2.45. The van der Waals surface area contributed by atoms with Gasteiger partial charge in [-0.2, -0.15) is 0 Å². The summed E-state index contributed by atoms with van der Waals surface area (Å²) in [4.78, 5) is 32.4. The fourth-order valence-corrected chi connectivity index (χ4v) is 10.3. The fourth-order valence-electron chi connectivity index (χ4n) is 7.76. The van der Waals surface area contributed by atoms with Crippen LogP contribution in [-0.4, -0.2) is 44.6 Å². The van der Waals surface area contributed by atoms with Crippen molar-refractivity contribution < 1.29 is 28.3 Å². The van der Waals surface area contributed by atoms with Crippen LogP contribution in [0.1, 0.15) is 62.9 Å². The number of halogens is 1. The monoisotopic (exact) mass is 668 g/mol. The second-order valence-electron chi connectivity index (χ2n) is 14.0. The minimum absolute atomic E-state index is 0.175. The standard InChI is InChI=1S/C39H45FN2O5Si/c1-25(2)12-11-13-26(3)20-22-41-31-19-18-28(42-32-15-8-10-17-34(32)46-33-16-9-7-14-29(33)37(42)44)24-30(31)39(38(41)45)27(4)36(48(5,6)40)35(47-39)21-23-43/h7-10,12,14-20,24,27,35-36,43H,11,13,21-23H2,1-6H3/b26-20+/t27-,35+,36-,39+/m1/s1. The summed E-state index contributed by atoms with van der Waals surface area (Å²) >= 11 is 0. The highest BCUT2D eigenvalue weighted by molar-refractivity contribution is 6.72. The number of aliphatic hydroxyl groups excluding tert-OH is 1. The third-order valence-corrected chi connectivity index (χ3v) is 12.4. The number of ether oxygens (including phenoxy) is 2. The van der Waals surface area contributed by atoms with Crippen molar-refractivity contribution in [1.82, 2.24) is 0 Å². The first kappa shape index (κ1) is 33.8. The molecule has 48 heavy (non-hydrogen) atoms. The maximum absolute atomic E-state index is 16.1. The molecule has 0 aliphatic carbocycles. The van der Waals surface area contributed by atoms with Gasteiger partial charge in [-0.1, -0.05) is 54.5 Å². The summed E-state index contributed by atoms with van der Waals surface area (Å²) in [7, 11) is -3.37. The second-order valence-corrected chi connectivity index (χ2v) is 17.8. The first-order valence-electron chi connectivity index (χ1n) is 16.8. The average molecular weight is 669 g/mol. The van der Waals surface area contributed by atoms with Crippen LogP contribution in [0, 0.1) is 5.92 Å². The summed E-state index contributed by atoms with van der Waals surface area (Å²) in [5.41, 5.74) is 3.25. The van der Waals surface area contributed by atoms with Gasteiger partial charge in [0.15, 0.2) is 11.4 Å². The highest BCUT2D eigenvalue weighted by Crippen LogP contribution is 2.61. The Bertz CT molecular complexity index is 1790. The summed E-state index contributed by atoms with van der Waals surface area (Å²) < 4.78 is 29.1. The Labute approximate surface area is 283 Å². The number of hydrogen-bond acceptors (Lipinski definition) is 5. The number of hydrogen-bond donors (Lipinski definition) is 1. The molecule has 2 amide bonds. The number of nitrogens with zero attached hydrogens (tertiary/aromatic N) is 2. The summed E-state index contributed by atoms with van der Waals surface area (Å²) in [5.74, 6) is -0.0344. The number of fused-ring (bicyclic) bond motifs is 4. The normalized spacial score (nSPS) is 23.5. The van der Waals surface area contributed by atoms with E-state index in [2.05, 4.69) is 32.9 Å². The van der Waals surface area contributed by atoms with Crippen molar-refractivity contribution in [2.75, 3.05) is 23.0 Å². The summed E-state index contributed by atoms with van der Waals surface area (Å²) in [6.07, 6.45) is 5.68. The predicted molar refractivity (Wildman–Crippen MR) is 190 cm³/mol. The summed E-state index contributed by atoms with van der Waals surface area (Å²) in [5, 5.41) is 9.98. The van der Waals surface area contributed by atoms with Gasteiger partial charge in [0.05, 0.1) is 23.0 Å². The molecule has 3 aromatic carbocycles. The number of anilines is 3. The summed E-state index contributed by atoms with van der Waals surface area (Å²) in [6.45, 7) is 11.6. The SMILES string of the molecule is CC(C)=CCC/C(C)=C/CN1C(=O)[C@@]2(O[C@@H](CCO)[C@H]([Si](C)(C)F)[C@H]2C)c2cc(N3C(=O)c4ccccc4Oc4ccccc43)ccc21. The van der Waals surface area contributed by atoms with E-state index in [0.717, 1.165) is 12.8 Å². The molecule has 0 aromatic heterocycles. The molecular formula is C39H45FN2O5Si. The Morgan fingerprint density at radius 1 is 0.979 bits per heavy atom. The van der Waals surface area contributed by atoms with E-state index in [-0.39, 0.29) is 24.8 Å². The minimum atomic E-state index is -3.37. The maximum Gasteiger partial charge on any atom is 0.266 e. The minimum Gasteiger partial charge on any atom is -0.454 e. The largest absolute Gasteiger partial charge is 0.454 e. The van der Waals surface area contributed by atoms with Crippen LogP contribution in [0.5, 0.6) is 11.5 Å². The van der Waals surface area contributed by atoms with Gasteiger partial charge in [-0.05, 0) is 95.6 Å². The van der Waals surface area contributed by atoms with Crippen LogP contribution >= 0.6 is 0 Å². The van der Waals surface area contributed by atoms with E-state index in [1.807, 2.05) is 55.5 Å². The molecule has 1 saturated heterocycles. The molecule has 4 atom stereocenters. The van der Waals surface area contributed by atoms with Crippen molar-refractivity contribution in [3.8, 4) is 11.5 Å². The number of para-hydroxylation sites is 3. The van der Waals surface area contributed by atoms with Crippen LogP contribution in [0.3, 0.4) is 0 Å². The molecular weight excluding hydrogens is 624 g/mol. The van der Waals surface area contributed by atoms with Crippen LogP contribution < -0.4 is 14.5 Å². The molecule has 1 spiro atoms. The zero-order chi connectivity index (χ0) is 34.4. The molecule has 7 nitrogen and oxygen atoms in total. The van der Waals surface area contributed by atoms with Crippen LogP contribution in [0.2, 0.25) is 18.6 Å². The van der Waals surface area contributed by atoms with Gasteiger partial charge in [-0.25, -0.2) is 0 Å². The first-order valence-corrected chi connectivity index (χ1v) is 19.8. The lowest BCUT2D eigenvalue weighted by atomic mass is 9.82. The second kappa shape index (κ2) is 13.1. The Morgan fingerprint density at radius 3 is 2.40 bits per heavy atom. The molecule has 3 heterocycles. The number of rotatable bonds is 9. The van der Waals surface area contributed by atoms with Crippen LogP contribution in [-0.2, 0) is 15.1 Å². The van der Waals surface area contributed by atoms with Gasteiger partial charge in [0, 0.05) is 35.9 Å². The molecule has 9 heteroatoms. The zero-order valence-electron chi connectivity index (χ0n) is 28.6. The molecule has 0 bridgehead atoms. The molecule has 252 valence electrons. The van der Waals surface area contributed by atoms with Crippen molar-refractivity contribution in [3.63, 3.8) is 0 Å². The Morgan fingerprint density at radius 2 is 1.69 bits per heavy atom. The van der Waals surface area contributed by atoms with Gasteiger partial charge in [-0.15, -0.1) is 0 Å². The van der Waals surface area contributed by atoms with Gasteiger partial charge in [0.1, 0.15) is 5.75 Å². The van der Waals surface area contributed by atoms with E-state index in [9.17, 15) is 14.7 Å². The maximum atomic E-state index is 16.1. The molecule has 3 aliphatic rings. The molecule has 0 unspecified atom stereocenters. The Kier molecular flexibility index (Phi) is 9.23. The van der Waals surface area contributed by atoms with Gasteiger partial charge in [0.25, 0.3) is 11.8 Å². The smallest absolute Gasteiger partial charge is 0.266 e. The van der Waals surface area contributed by atoms with Crippen LogP contribution in [0.15, 0.2) is 90.0 Å². The third-order valence-electron chi connectivity index (χ3n) is 9.98. The van der Waals surface area contributed by atoms with Crippen molar-refractivity contribution in [2.45, 2.75) is 77.3 Å². The lowest BCUT2D eigenvalue weighted by molar-refractivity contribution is -0.146. The molecule has 6 rings (SSSR count). The van der Waals surface area contributed by atoms with Gasteiger partial charge < -0.3 is 23.6 Å². The molecule has 3 aromatic rings. The fraction of sp³-hybridized carbons (Fsp3) is 0.385. The molecule has 1 N–H and O–H groups in total. The highest BCUT2D eigenvalue weighted by atomic mass is 28.4. The van der Waals surface area contributed by atoms with E-state index < -0.39 is 31.6 Å². The van der Waals surface area contributed by atoms with Crippen LogP contribution in [0.4, 0.5) is 21.2 Å². The number of amides is 2. The first-order chi connectivity index (χ1) is 22.9. The average Bonchev–Trinajstić information content (AvgIpc) is 3.41. The Hall–Kier alpha value is -4.05. The Balaban J connectivity index is 1.49. The third kappa shape index (κ3) is 5.82. The van der Waals surface area contributed by atoms with Crippen molar-refractivity contribution in [1.29, 1.82) is 0 Å². The highest BCUT2D eigenvalue weighted by Gasteiger charge is 2.66. The van der Waals surface area contributed by atoms with Gasteiger partial charge in [0.2, 0.25) is 8.41 Å².